The molecule has 0 aromatic heterocycles. The van der Waals surface area contributed by atoms with E-state index in [0.29, 0.717) is 24.9 Å². The quantitative estimate of drug-likeness (QED) is 0.668. The van der Waals surface area contributed by atoms with Crippen LogP contribution in [0.4, 0.5) is 0 Å². The minimum Gasteiger partial charge on any atom is -0.353 e. The zero-order valence-electron chi connectivity index (χ0n) is 10.1. The van der Waals surface area contributed by atoms with Crippen LogP contribution in [0.15, 0.2) is 0 Å². The number of thioether (sulfide) groups is 1. The lowest BCUT2D eigenvalue weighted by Crippen LogP contribution is -2.37. The molecule has 0 fully saturated rings. The number of rotatable bonds is 8. The third kappa shape index (κ3) is 6.79. The predicted octanol–water partition coefficient (Wildman–Crippen LogP) is 1.62. The molecule has 0 bridgehead atoms. The van der Waals surface area contributed by atoms with Crippen LogP contribution in [0.2, 0.25) is 0 Å². The van der Waals surface area contributed by atoms with Crippen molar-refractivity contribution >= 4 is 17.7 Å². The molecule has 15 heavy (non-hydrogen) atoms. The summed E-state index contributed by atoms with van der Waals surface area (Å²) in [7, 11) is 0. The Morgan fingerprint density at radius 1 is 1.40 bits per heavy atom. The molecule has 0 saturated carbocycles. The van der Waals surface area contributed by atoms with Crippen LogP contribution in [-0.4, -0.2) is 30.5 Å². The smallest absolute Gasteiger partial charge is 0.220 e. The number of nitrogens with one attached hydrogen (secondary N) is 1. The lowest BCUT2D eigenvalue weighted by Gasteiger charge is -2.18. The normalized spacial score (nSPS) is 14.7. The number of carbonyl (C=O) groups is 1. The second-order valence-corrected chi connectivity index (χ2v) is 4.75. The fourth-order valence-corrected chi connectivity index (χ4v) is 2.13. The van der Waals surface area contributed by atoms with Gasteiger partial charge >= 0.3 is 0 Å². The van der Waals surface area contributed by atoms with E-state index in [1.54, 1.807) is 11.8 Å². The van der Waals surface area contributed by atoms with Gasteiger partial charge in [-0.1, -0.05) is 20.3 Å². The topological polar surface area (TPSA) is 55.1 Å². The van der Waals surface area contributed by atoms with Crippen LogP contribution in [0.3, 0.4) is 0 Å². The van der Waals surface area contributed by atoms with E-state index in [2.05, 4.69) is 25.4 Å². The Labute approximate surface area is 97.6 Å². The van der Waals surface area contributed by atoms with E-state index in [9.17, 15) is 4.79 Å². The van der Waals surface area contributed by atoms with Crippen molar-refractivity contribution in [3.05, 3.63) is 0 Å². The number of hydrogen-bond donors (Lipinski definition) is 2. The summed E-state index contributed by atoms with van der Waals surface area (Å²) < 4.78 is 0. The van der Waals surface area contributed by atoms with Crippen molar-refractivity contribution in [2.45, 2.75) is 39.2 Å². The summed E-state index contributed by atoms with van der Waals surface area (Å²) in [6.45, 7) is 4.77. The van der Waals surface area contributed by atoms with Crippen LogP contribution < -0.4 is 11.1 Å². The largest absolute Gasteiger partial charge is 0.353 e. The molecule has 1 amide bonds. The van der Waals surface area contributed by atoms with E-state index in [4.69, 9.17) is 5.73 Å². The first-order valence-corrected chi connectivity index (χ1v) is 7.05. The number of carbonyl (C=O) groups excluding carboxylic acids is 1. The summed E-state index contributed by atoms with van der Waals surface area (Å²) in [6, 6.07) is 0.308. The SMILES string of the molecule is CCC(CN)CC(=O)NC(CC)CSC. The van der Waals surface area contributed by atoms with E-state index in [-0.39, 0.29) is 5.91 Å². The lowest BCUT2D eigenvalue weighted by molar-refractivity contribution is -0.122. The molecule has 2 atom stereocenters. The van der Waals surface area contributed by atoms with Gasteiger partial charge in [0.15, 0.2) is 0 Å². The Hall–Kier alpha value is -0.220. The third-order valence-corrected chi connectivity index (χ3v) is 3.35. The number of hydrogen-bond acceptors (Lipinski definition) is 3. The average Bonchev–Trinajstić information content (AvgIpc) is 2.25. The van der Waals surface area contributed by atoms with Crippen LogP contribution in [0.1, 0.15) is 33.1 Å². The van der Waals surface area contributed by atoms with Crippen LogP contribution in [0.25, 0.3) is 0 Å². The fraction of sp³-hybridized carbons (Fsp3) is 0.909. The van der Waals surface area contributed by atoms with E-state index >= 15 is 0 Å². The molecule has 0 aliphatic rings. The van der Waals surface area contributed by atoms with Crippen LogP contribution in [0.5, 0.6) is 0 Å². The maximum absolute atomic E-state index is 11.6. The van der Waals surface area contributed by atoms with Gasteiger partial charge in [-0.15, -0.1) is 0 Å². The summed E-state index contributed by atoms with van der Waals surface area (Å²) in [5.74, 6) is 1.46. The van der Waals surface area contributed by atoms with E-state index in [0.717, 1.165) is 18.6 Å². The molecule has 3 N–H and O–H groups in total. The third-order valence-electron chi connectivity index (χ3n) is 2.61. The molecule has 0 aliphatic heterocycles. The Morgan fingerprint density at radius 3 is 2.47 bits per heavy atom. The summed E-state index contributed by atoms with van der Waals surface area (Å²) in [5, 5.41) is 3.05. The molecule has 0 heterocycles. The Balaban J connectivity index is 3.88. The summed E-state index contributed by atoms with van der Waals surface area (Å²) in [6.07, 6.45) is 4.59. The Bertz CT molecular complexity index is 172. The van der Waals surface area contributed by atoms with Crippen molar-refractivity contribution in [2.24, 2.45) is 11.7 Å². The predicted molar refractivity (Wildman–Crippen MR) is 68.1 cm³/mol. The molecule has 0 aromatic rings. The number of amides is 1. The highest BCUT2D eigenvalue weighted by Crippen LogP contribution is 2.07. The van der Waals surface area contributed by atoms with Gasteiger partial charge in [0, 0.05) is 18.2 Å². The van der Waals surface area contributed by atoms with E-state index in [1.165, 1.54) is 0 Å². The Morgan fingerprint density at radius 2 is 2.07 bits per heavy atom. The van der Waals surface area contributed by atoms with Crippen molar-refractivity contribution in [1.29, 1.82) is 0 Å². The van der Waals surface area contributed by atoms with Crippen LogP contribution in [-0.2, 0) is 4.79 Å². The Kier molecular flexibility index (Phi) is 8.91. The first-order chi connectivity index (χ1) is 7.17. The zero-order chi connectivity index (χ0) is 11.7. The van der Waals surface area contributed by atoms with E-state index < -0.39 is 0 Å². The molecule has 90 valence electrons. The summed E-state index contributed by atoms with van der Waals surface area (Å²) in [5.41, 5.74) is 5.57. The van der Waals surface area contributed by atoms with Gasteiger partial charge < -0.3 is 11.1 Å². The molecule has 0 radical (unpaired) electrons. The van der Waals surface area contributed by atoms with Crippen molar-refractivity contribution in [2.75, 3.05) is 18.6 Å². The van der Waals surface area contributed by atoms with Gasteiger partial charge in [0.25, 0.3) is 0 Å². The lowest BCUT2D eigenvalue weighted by atomic mass is 10.0. The maximum Gasteiger partial charge on any atom is 0.220 e. The minimum atomic E-state index is 0.146. The number of nitrogens with two attached hydrogens (primary N) is 1. The fourth-order valence-electron chi connectivity index (χ4n) is 1.41. The second-order valence-electron chi connectivity index (χ2n) is 3.84. The monoisotopic (exact) mass is 232 g/mol. The molecule has 4 heteroatoms. The first-order valence-electron chi connectivity index (χ1n) is 5.66. The summed E-state index contributed by atoms with van der Waals surface area (Å²) >= 11 is 1.77. The minimum absolute atomic E-state index is 0.146. The maximum atomic E-state index is 11.6. The highest BCUT2D eigenvalue weighted by Gasteiger charge is 2.13. The molecular weight excluding hydrogens is 208 g/mol. The molecule has 0 aliphatic carbocycles. The van der Waals surface area contributed by atoms with Crippen LogP contribution in [0, 0.1) is 5.92 Å². The van der Waals surface area contributed by atoms with Crippen LogP contribution >= 0.6 is 11.8 Å². The first kappa shape index (κ1) is 14.8. The van der Waals surface area contributed by atoms with Crippen molar-refractivity contribution in [3.63, 3.8) is 0 Å². The standard InChI is InChI=1S/C11H24N2OS/c1-4-9(7-12)6-11(14)13-10(5-2)8-15-3/h9-10H,4-8,12H2,1-3H3,(H,13,14). The molecule has 0 rings (SSSR count). The highest BCUT2D eigenvalue weighted by atomic mass is 32.2. The van der Waals surface area contributed by atoms with Crippen molar-refractivity contribution < 1.29 is 4.79 Å². The van der Waals surface area contributed by atoms with Gasteiger partial charge in [-0.25, -0.2) is 0 Å². The van der Waals surface area contributed by atoms with Gasteiger partial charge in [0.05, 0.1) is 0 Å². The van der Waals surface area contributed by atoms with E-state index in [1.807, 2.05) is 0 Å². The summed E-state index contributed by atoms with van der Waals surface area (Å²) in [4.78, 5) is 11.6. The van der Waals surface area contributed by atoms with Gasteiger partial charge in [-0.05, 0) is 25.1 Å². The molecule has 0 spiro atoms. The van der Waals surface area contributed by atoms with Gasteiger partial charge in [0.1, 0.15) is 0 Å². The van der Waals surface area contributed by atoms with Crippen molar-refractivity contribution in [3.8, 4) is 0 Å². The van der Waals surface area contributed by atoms with Crippen molar-refractivity contribution in [1.82, 2.24) is 5.32 Å². The molecule has 0 aromatic carbocycles. The average molecular weight is 232 g/mol. The molecule has 0 saturated heterocycles. The molecule has 2 unspecified atom stereocenters. The molecule has 3 nitrogen and oxygen atoms in total. The van der Waals surface area contributed by atoms with Gasteiger partial charge in [0.2, 0.25) is 5.91 Å². The van der Waals surface area contributed by atoms with Gasteiger partial charge in [-0.3, -0.25) is 4.79 Å². The zero-order valence-corrected chi connectivity index (χ0v) is 10.9. The second kappa shape index (κ2) is 9.04. The highest BCUT2D eigenvalue weighted by molar-refractivity contribution is 7.98. The molecular formula is C11H24N2OS. The van der Waals surface area contributed by atoms with Gasteiger partial charge in [-0.2, -0.15) is 11.8 Å².